The van der Waals surface area contributed by atoms with Gasteiger partial charge >= 0.3 is 0 Å². The number of likely N-dealkylation sites (tertiary alicyclic amines) is 2. The molecule has 1 N–H and O–H groups in total. The van der Waals surface area contributed by atoms with Crippen LogP contribution in [0, 0.1) is 5.92 Å². The van der Waals surface area contributed by atoms with Crippen molar-refractivity contribution in [2.24, 2.45) is 10.9 Å². The number of hydrogen-bond acceptors (Lipinski definition) is 3. The number of hydrogen-bond donors (Lipinski definition) is 1. The van der Waals surface area contributed by atoms with Gasteiger partial charge in [0.05, 0.1) is 7.11 Å². The van der Waals surface area contributed by atoms with Crippen LogP contribution in [0.4, 0.5) is 0 Å². The molecule has 2 aliphatic heterocycles. The van der Waals surface area contributed by atoms with E-state index in [1.165, 1.54) is 37.9 Å². The van der Waals surface area contributed by atoms with Crippen LogP contribution < -0.4 is 10.1 Å². The number of nitrogens with zero attached hydrogens (tertiary/aromatic N) is 3. The predicted octanol–water partition coefficient (Wildman–Crippen LogP) is 3.18. The van der Waals surface area contributed by atoms with Gasteiger partial charge in [0, 0.05) is 38.6 Å². The zero-order valence-corrected chi connectivity index (χ0v) is 17.3. The molecule has 5 heteroatoms. The van der Waals surface area contributed by atoms with Crippen LogP contribution in [0.1, 0.15) is 44.6 Å². The number of benzene rings is 1. The Bertz CT molecular complexity index is 601. The van der Waals surface area contributed by atoms with Gasteiger partial charge in [0.2, 0.25) is 0 Å². The molecule has 0 radical (unpaired) electrons. The van der Waals surface area contributed by atoms with Crippen molar-refractivity contribution in [1.29, 1.82) is 0 Å². The highest BCUT2D eigenvalue weighted by atomic mass is 16.5. The summed E-state index contributed by atoms with van der Waals surface area (Å²) < 4.78 is 5.29. The highest BCUT2D eigenvalue weighted by Crippen LogP contribution is 2.28. The summed E-state index contributed by atoms with van der Waals surface area (Å²) >= 11 is 0. The van der Waals surface area contributed by atoms with Crippen LogP contribution >= 0.6 is 0 Å². The van der Waals surface area contributed by atoms with Gasteiger partial charge in [0.1, 0.15) is 5.75 Å². The largest absolute Gasteiger partial charge is 0.497 e. The molecule has 1 aromatic rings. The summed E-state index contributed by atoms with van der Waals surface area (Å²) in [6.45, 7) is 12.0. The van der Waals surface area contributed by atoms with E-state index in [4.69, 9.17) is 9.73 Å². The molecule has 2 atom stereocenters. The van der Waals surface area contributed by atoms with Crippen molar-refractivity contribution in [3.05, 3.63) is 29.8 Å². The first-order valence-electron chi connectivity index (χ1n) is 10.6. The third-order valence-electron chi connectivity index (χ3n) is 5.96. The maximum absolute atomic E-state index is 5.29. The molecule has 2 fully saturated rings. The molecule has 0 saturated carbocycles. The molecular formula is C22H36N4O. The predicted molar refractivity (Wildman–Crippen MR) is 113 cm³/mol. The van der Waals surface area contributed by atoms with E-state index in [0.29, 0.717) is 11.8 Å². The number of ether oxygens (including phenoxy) is 1. The van der Waals surface area contributed by atoms with Crippen LogP contribution in [0.5, 0.6) is 5.75 Å². The summed E-state index contributed by atoms with van der Waals surface area (Å²) in [6, 6.07) is 8.55. The zero-order valence-electron chi connectivity index (χ0n) is 17.3. The standard InChI is InChI=1S/C22H36N4O/c1-4-23-22(24-15-18-7-6-13-25(5-2)16-18)26-14-12-20(17-26)19-8-10-21(27-3)11-9-19/h8-11,18,20H,4-7,12-17H2,1-3H3,(H,23,24). The topological polar surface area (TPSA) is 40.1 Å². The van der Waals surface area contributed by atoms with Crippen molar-refractivity contribution >= 4 is 5.96 Å². The molecule has 5 nitrogen and oxygen atoms in total. The average molecular weight is 373 g/mol. The van der Waals surface area contributed by atoms with Crippen molar-refractivity contribution in [3.63, 3.8) is 0 Å². The lowest BCUT2D eigenvalue weighted by molar-refractivity contribution is 0.186. The lowest BCUT2D eigenvalue weighted by Gasteiger charge is -2.31. The van der Waals surface area contributed by atoms with Crippen molar-refractivity contribution < 1.29 is 4.74 Å². The first-order valence-corrected chi connectivity index (χ1v) is 10.6. The molecular weight excluding hydrogens is 336 g/mol. The molecule has 0 amide bonds. The maximum atomic E-state index is 5.29. The SMILES string of the molecule is CCNC(=NCC1CCCN(CC)C1)N1CCC(c2ccc(OC)cc2)C1. The Morgan fingerprint density at radius 3 is 2.67 bits per heavy atom. The van der Waals surface area contributed by atoms with Crippen molar-refractivity contribution in [3.8, 4) is 5.75 Å². The molecule has 1 aromatic carbocycles. The molecule has 150 valence electrons. The highest BCUT2D eigenvalue weighted by molar-refractivity contribution is 5.80. The van der Waals surface area contributed by atoms with E-state index in [-0.39, 0.29) is 0 Å². The third kappa shape index (κ3) is 5.38. The van der Waals surface area contributed by atoms with Gasteiger partial charge in [-0.1, -0.05) is 19.1 Å². The van der Waals surface area contributed by atoms with Gasteiger partial charge in [-0.05, 0) is 62.9 Å². The quantitative estimate of drug-likeness (QED) is 0.615. The minimum atomic E-state index is 0.574. The Morgan fingerprint density at radius 1 is 1.15 bits per heavy atom. The molecule has 2 unspecified atom stereocenters. The van der Waals surface area contributed by atoms with Gasteiger partial charge < -0.3 is 19.9 Å². The molecule has 0 bridgehead atoms. The summed E-state index contributed by atoms with van der Waals surface area (Å²) in [4.78, 5) is 10.0. The molecule has 2 heterocycles. The van der Waals surface area contributed by atoms with Crippen LogP contribution in [0.25, 0.3) is 0 Å². The van der Waals surface area contributed by atoms with E-state index in [1.54, 1.807) is 7.11 Å². The maximum Gasteiger partial charge on any atom is 0.193 e. The van der Waals surface area contributed by atoms with Crippen LogP contribution in [0.2, 0.25) is 0 Å². The fourth-order valence-corrected chi connectivity index (χ4v) is 4.33. The van der Waals surface area contributed by atoms with Crippen LogP contribution in [0.15, 0.2) is 29.3 Å². The summed E-state index contributed by atoms with van der Waals surface area (Å²) in [5.41, 5.74) is 1.40. The van der Waals surface area contributed by atoms with E-state index in [0.717, 1.165) is 44.4 Å². The fourth-order valence-electron chi connectivity index (χ4n) is 4.33. The van der Waals surface area contributed by atoms with Gasteiger partial charge in [0.15, 0.2) is 5.96 Å². The van der Waals surface area contributed by atoms with Crippen molar-refractivity contribution in [2.75, 3.05) is 52.9 Å². The monoisotopic (exact) mass is 372 g/mol. The molecule has 0 aromatic heterocycles. The van der Waals surface area contributed by atoms with Gasteiger partial charge in [-0.15, -0.1) is 0 Å². The zero-order chi connectivity index (χ0) is 19.1. The molecule has 3 rings (SSSR count). The summed E-state index contributed by atoms with van der Waals surface area (Å²) in [5.74, 6) is 3.30. The second-order valence-corrected chi connectivity index (χ2v) is 7.80. The molecule has 27 heavy (non-hydrogen) atoms. The smallest absolute Gasteiger partial charge is 0.193 e. The summed E-state index contributed by atoms with van der Waals surface area (Å²) in [6.07, 6.45) is 3.81. The Kier molecular flexibility index (Phi) is 7.39. The van der Waals surface area contributed by atoms with Gasteiger partial charge in [0.25, 0.3) is 0 Å². The number of aliphatic imine (C=N–C) groups is 1. The van der Waals surface area contributed by atoms with Gasteiger partial charge in [-0.3, -0.25) is 4.99 Å². The van der Waals surface area contributed by atoms with Crippen LogP contribution in [0.3, 0.4) is 0 Å². The number of rotatable bonds is 6. The molecule has 2 aliphatic rings. The second-order valence-electron chi connectivity index (χ2n) is 7.80. The average Bonchev–Trinajstić information content (AvgIpc) is 3.21. The number of methoxy groups -OCH3 is 1. The summed E-state index contributed by atoms with van der Waals surface area (Å²) in [7, 11) is 1.72. The van der Waals surface area contributed by atoms with Gasteiger partial charge in [-0.2, -0.15) is 0 Å². The summed E-state index contributed by atoms with van der Waals surface area (Å²) in [5, 5.41) is 3.52. The number of guanidine groups is 1. The van der Waals surface area contributed by atoms with Crippen LogP contribution in [-0.2, 0) is 0 Å². The fraction of sp³-hybridized carbons (Fsp3) is 0.682. The third-order valence-corrected chi connectivity index (χ3v) is 5.96. The number of piperidine rings is 1. The Morgan fingerprint density at radius 2 is 1.96 bits per heavy atom. The van der Waals surface area contributed by atoms with E-state index >= 15 is 0 Å². The highest BCUT2D eigenvalue weighted by Gasteiger charge is 2.26. The van der Waals surface area contributed by atoms with E-state index in [2.05, 4.69) is 53.2 Å². The Balaban J connectivity index is 1.59. The lowest BCUT2D eigenvalue weighted by atomic mass is 9.98. The first kappa shape index (κ1) is 20.0. The molecule has 2 saturated heterocycles. The second kappa shape index (κ2) is 9.98. The Labute approximate surface area is 164 Å². The Hall–Kier alpha value is -1.75. The molecule has 0 spiro atoms. The normalized spacial score (nSPS) is 24.3. The van der Waals surface area contributed by atoms with E-state index in [9.17, 15) is 0 Å². The molecule has 0 aliphatic carbocycles. The van der Waals surface area contributed by atoms with Gasteiger partial charge in [-0.25, -0.2) is 0 Å². The van der Waals surface area contributed by atoms with Crippen LogP contribution in [-0.4, -0.2) is 68.7 Å². The minimum Gasteiger partial charge on any atom is -0.497 e. The number of nitrogens with one attached hydrogen (secondary N) is 1. The van der Waals surface area contributed by atoms with Crippen molar-refractivity contribution in [2.45, 2.75) is 39.0 Å². The first-order chi connectivity index (χ1) is 13.2. The van der Waals surface area contributed by atoms with E-state index in [1.807, 2.05) is 0 Å². The van der Waals surface area contributed by atoms with Crippen molar-refractivity contribution in [1.82, 2.24) is 15.1 Å². The minimum absolute atomic E-state index is 0.574. The lowest BCUT2D eigenvalue weighted by Crippen LogP contribution is -2.41. The van der Waals surface area contributed by atoms with E-state index < -0.39 is 0 Å².